The second kappa shape index (κ2) is 11.6. The van der Waals surface area contributed by atoms with Crippen molar-refractivity contribution in [3.63, 3.8) is 0 Å². The zero-order valence-corrected chi connectivity index (χ0v) is 10.5. The van der Waals surface area contributed by atoms with Crippen LogP contribution in [-0.4, -0.2) is 39.3 Å². The van der Waals surface area contributed by atoms with E-state index in [-0.39, 0.29) is 0 Å². The van der Waals surface area contributed by atoms with Gasteiger partial charge in [0.2, 0.25) is 0 Å². The normalized spacial score (nSPS) is 9.89. The van der Waals surface area contributed by atoms with Crippen molar-refractivity contribution >= 4 is 29.2 Å². The van der Waals surface area contributed by atoms with Gasteiger partial charge in [-0.15, -0.1) is 0 Å². The van der Waals surface area contributed by atoms with Crippen molar-refractivity contribution in [1.29, 1.82) is 0 Å². The van der Waals surface area contributed by atoms with Gasteiger partial charge in [-0.05, 0) is 10.8 Å². The molecule has 1 heterocycles. The summed E-state index contributed by atoms with van der Waals surface area (Å²) < 4.78 is 0. The lowest BCUT2D eigenvalue weighted by Crippen LogP contribution is -2.32. The van der Waals surface area contributed by atoms with Gasteiger partial charge in [0.25, 0.3) is 5.97 Å². The number of carbonyl (C=O) groups is 3. The third-order valence-corrected chi connectivity index (χ3v) is 1.77. The Bertz CT molecular complexity index is 330. The van der Waals surface area contributed by atoms with Crippen LogP contribution in [0.25, 0.3) is 0 Å². The molecule has 0 fully saturated rings. The molecule has 0 aliphatic heterocycles. The molecule has 1 aromatic heterocycles. The summed E-state index contributed by atoms with van der Waals surface area (Å²) in [6.45, 7) is 1.08. The zero-order valence-electron chi connectivity index (χ0n) is 9.65. The van der Waals surface area contributed by atoms with Gasteiger partial charge in [0.1, 0.15) is 6.04 Å². The van der Waals surface area contributed by atoms with Crippen LogP contribution >= 0.6 is 11.3 Å². The average Bonchev–Trinajstić information content (AvgIpc) is 2.72. The molecule has 1 rings (SSSR count). The first-order valence-electron chi connectivity index (χ1n) is 4.64. The fourth-order valence-corrected chi connectivity index (χ4v) is 0.956. The van der Waals surface area contributed by atoms with Crippen LogP contribution in [0.3, 0.4) is 0 Å². The fourth-order valence-electron chi connectivity index (χ4n) is 0.502. The molecule has 0 aliphatic rings. The third-order valence-electron chi connectivity index (χ3n) is 1.14. The van der Waals surface area contributed by atoms with Gasteiger partial charge in [-0.1, -0.05) is 12.1 Å². The lowest BCUT2D eigenvalue weighted by molar-refractivity contribution is -0.144. The molecule has 8 heteroatoms. The number of rotatable bonds is 3. The molecule has 102 valence electrons. The molecule has 0 saturated carbocycles. The first kappa shape index (κ1) is 18.4. The molecule has 0 saturated heterocycles. The monoisotopic (exact) mass is 277 g/mol. The summed E-state index contributed by atoms with van der Waals surface area (Å²) in [5.74, 6) is -3.33. The lowest BCUT2D eigenvalue weighted by Gasteiger charge is -1.99. The van der Waals surface area contributed by atoms with Crippen LogP contribution in [-0.2, 0) is 14.4 Å². The second-order valence-corrected chi connectivity index (χ2v) is 3.67. The Morgan fingerprint density at radius 1 is 1.17 bits per heavy atom. The minimum Gasteiger partial charge on any atom is -0.481 e. The summed E-state index contributed by atoms with van der Waals surface area (Å²) in [4.78, 5) is 28.6. The van der Waals surface area contributed by atoms with E-state index >= 15 is 0 Å². The molecule has 0 bridgehead atoms. The number of carboxylic acids is 3. The quantitative estimate of drug-likeness (QED) is 0.638. The maximum absolute atomic E-state index is 9.85. The Morgan fingerprint density at radius 3 is 1.67 bits per heavy atom. The van der Waals surface area contributed by atoms with Crippen LogP contribution in [0.2, 0.25) is 0 Å². The number of hydrogen-bond acceptors (Lipinski definition) is 5. The molecule has 0 spiro atoms. The van der Waals surface area contributed by atoms with Gasteiger partial charge in [0.15, 0.2) is 0 Å². The largest absolute Gasteiger partial charge is 0.481 e. The summed E-state index contributed by atoms with van der Waals surface area (Å²) in [6.07, 6.45) is -0.532. The smallest absolute Gasteiger partial charge is 0.321 e. The molecular weight excluding hydrogens is 262 g/mol. The molecule has 7 nitrogen and oxygen atoms in total. The number of thiophene rings is 1. The van der Waals surface area contributed by atoms with Crippen LogP contribution in [0, 0.1) is 0 Å². The summed E-state index contributed by atoms with van der Waals surface area (Å²) in [5, 5.41) is 27.5. The van der Waals surface area contributed by atoms with Gasteiger partial charge in [0, 0.05) is 6.92 Å². The van der Waals surface area contributed by atoms with Crippen molar-refractivity contribution < 1.29 is 29.7 Å². The highest BCUT2D eigenvalue weighted by Crippen LogP contribution is 1.91. The van der Waals surface area contributed by atoms with E-state index in [9.17, 15) is 9.59 Å². The van der Waals surface area contributed by atoms with Crippen molar-refractivity contribution in [2.45, 2.75) is 19.4 Å². The number of aliphatic carboxylic acids is 3. The predicted octanol–water partition coefficient (Wildman–Crippen LogP) is 0.712. The minimum atomic E-state index is -1.29. The Hall–Kier alpha value is -1.93. The van der Waals surface area contributed by atoms with Crippen molar-refractivity contribution in [2.75, 3.05) is 0 Å². The van der Waals surface area contributed by atoms with E-state index in [4.69, 9.17) is 25.8 Å². The number of nitrogens with two attached hydrogens (primary N) is 1. The van der Waals surface area contributed by atoms with Crippen LogP contribution < -0.4 is 5.73 Å². The summed E-state index contributed by atoms with van der Waals surface area (Å²) in [6, 6.07) is 2.75. The molecule has 1 aromatic rings. The maximum Gasteiger partial charge on any atom is 0.321 e. The Kier molecular flexibility index (Phi) is 11.8. The Balaban J connectivity index is 0. The second-order valence-electron chi connectivity index (χ2n) is 2.85. The van der Waals surface area contributed by atoms with E-state index in [0.29, 0.717) is 0 Å². The molecule has 18 heavy (non-hydrogen) atoms. The van der Waals surface area contributed by atoms with Crippen molar-refractivity contribution in [1.82, 2.24) is 0 Å². The Labute approximate surface area is 107 Å². The first-order chi connectivity index (χ1) is 8.27. The third kappa shape index (κ3) is 19.6. The van der Waals surface area contributed by atoms with E-state index in [1.807, 2.05) is 22.9 Å². The van der Waals surface area contributed by atoms with Crippen molar-refractivity contribution in [2.24, 2.45) is 5.73 Å². The first-order valence-corrected chi connectivity index (χ1v) is 5.58. The van der Waals surface area contributed by atoms with Crippen molar-refractivity contribution in [3.8, 4) is 0 Å². The topological polar surface area (TPSA) is 138 Å². The average molecular weight is 277 g/mol. The van der Waals surface area contributed by atoms with Crippen LogP contribution in [0.5, 0.6) is 0 Å². The van der Waals surface area contributed by atoms with E-state index < -0.39 is 30.4 Å². The van der Waals surface area contributed by atoms with Crippen molar-refractivity contribution in [3.05, 3.63) is 22.9 Å². The highest BCUT2D eigenvalue weighted by Gasteiger charge is 2.14. The molecule has 0 unspecified atom stereocenters. The summed E-state index contributed by atoms with van der Waals surface area (Å²) in [5.41, 5.74) is 4.84. The molecule has 0 aromatic carbocycles. The Morgan fingerprint density at radius 2 is 1.56 bits per heavy atom. The SMILES string of the molecule is CC(=O)O.N[C@@H](CC(=O)O)C(=O)O.c1ccsc1. The van der Waals surface area contributed by atoms with E-state index in [1.54, 1.807) is 11.3 Å². The summed E-state index contributed by atoms with van der Waals surface area (Å²) >= 11 is 1.71. The van der Waals surface area contributed by atoms with Gasteiger partial charge in [-0.3, -0.25) is 14.4 Å². The van der Waals surface area contributed by atoms with E-state index in [1.165, 1.54) is 0 Å². The number of carboxylic acid groups (broad SMARTS) is 3. The van der Waals surface area contributed by atoms with Gasteiger partial charge >= 0.3 is 11.9 Å². The molecule has 0 aliphatic carbocycles. The maximum atomic E-state index is 9.85. The van der Waals surface area contributed by atoms with Crippen LogP contribution in [0.1, 0.15) is 13.3 Å². The van der Waals surface area contributed by atoms with Crippen LogP contribution in [0.15, 0.2) is 22.9 Å². The lowest BCUT2D eigenvalue weighted by atomic mass is 10.2. The van der Waals surface area contributed by atoms with Gasteiger partial charge in [0.05, 0.1) is 6.42 Å². The highest BCUT2D eigenvalue weighted by molar-refractivity contribution is 7.07. The fraction of sp³-hybridized carbons (Fsp3) is 0.300. The van der Waals surface area contributed by atoms with E-state index in [2.05, 4.69) is 0 Å². The van der Waals surface area contributed by atoms with Gasteiger partial charge in [-0.2, -0.15) is 11.3 Å². The van der Waals surface area contributed by atoms with Gasteiger partial charge in [-0.25, -0.2) is 0 Å². The molecule has 5 N–H and O–H groups in total. The number of hydrogen-bond donors (Lipinski definition) is 4. The zero-order chi connectivity index (χ0) is 14.6. The molecule has 0 radical (unpaired) electrons. The standard InChI is InChI=1S/C4H7NO4.C4H4S.C2H4O2/c5-2(4(8)9)1-3(6)7;1-2-4-5-3-1;1-2(3)4/h2H,1,5H2,(H,6,7)(H,8,9);1-4H;1H3,(H,3,4)/t2-;;/m0../s1. The molecule has 1 atom stereocenters. The highest BCUT2D eigenvalue weighted by atomic mass is 32.1. The van der Waals surface area contributed by atoms with E-state index in [0.717, 1.165) is 6.92 Å². The van der Waals surface area contributed by atoms with Crippen LogP contribution in [0.4, 0.5) is 0 Å². The summed E-state index contributed by atoms with van der Waals surface area (Å²) in [7, 11) is 0. The molecular formula is C10H15NO6S. The predicted molar refractivity (Wildman–Crippen MR) is 65.5 cm³/mol. The van der Waals surface area contributed by atoms with Gasteiger partial charge < -0.3 is 21.1 Å². The minimum absolute atomic E-state index is 0.532. The molecule has 0 amide bonds.